The highest BCUT2D eigenvalue weighted by atomic mass is 16.5. The molecule has 26 heavy (non-hydrogen) atoms. The molecular formula is C20H20N2O4. The molecule has 0 saturated heterocycles. The number of benzene rings is 2. The van der Waals surface area contributed by atoms with Gasteiger partial charge < -0.3 is 15.0 Å². The minimum atomic E-state index is -0.553. The summed E-state index contributed by atoms with van der Waals surface area (Å²) in [7, 11) is 1.54. The number of likely N-dealkylation sites (N-methyl/N-ethyl adjacent to an activating group) is 1. The molecule has 1 fully saturated rings. The number of nitrogens with one attached hydrogen (secondary N) is 1. The lowest BCUT2D eigenvalue weighted by molar-refractivity contribution is -0.134. The summed E-state index contributed by atoms with van der Waals surface area (Å²) in [4.78, 5) is 37.5. The summed E-state index contributed by atoms with van der Waals surface area (Å²) >= 11 is 0. The lowest BCUT2D eigenvalue weighted by Gasteiger charge is -2.16. The molecule has 6 heteroatoms. The highest BCUT2D eigenvalue weighted by molar-refractivity contribution is 5.96. The number of carbonyl (C=O) groups excluding carboxylic acids is 3. The van der Waals surface area contributed by atoms with E-state index >= 15 is 0 Å². The van der Waals surface area contributed by atoms with E-state index in [1.807, 2.05) is 6.07 Å². The Hall–Kier alpha value is -3.15. The van der Waals surface area contributed by atoms with E-state index in [-0.39, 0.29) is 24.3 Å². The van der Waals surface area contributed by atoms with Crippen LogP contribution < -0.4 is 10.1 Å². The van der Waals surface area contributed by atoms with Crippen LogP contribution in [-0.4, -0.2) is 36.3 Å². The van der Waals surface area contributed by atoms with Crippen LogP contribution in [0.2, 0.25) is 0 Å². The standard InChI is InChI=1S/C20H20N2O4/c1-22(20(25)15-6-3-2-4-7-15)13-18(23)26-17-9-5-8-16(12-17)21-19(24)14-10-11-14/h2-9,12,14H,10-11,13H2,1H3,(H,21,24). The molecule has 1 aliphatic rings. The zero-order valence-corrected chi connectivity index (χ0v) is 14.5. The molecule has 2 aromatic carbocycles. The van der Waals surface area contributed by atoms with E-state index in [2.05, 4.69) is 5.32 Å². The summed E-state index contributed by atoms with van der Waals surface area (Å²) in [5.41, 5.74) is 1.09. The van der Waals surface area contributed by atoms with Crippen molar-refractivity contribution in [1.82, 2.24) is 4.90 Å². The SMILES string of the molecule is CN(CC(=O)Oc1cccc(NC(=O)C2CC2)c1)C(=O)c1ccccc1. The van der Waals surface area contributed by atoms with E-state index in [1.165, 1.54) is 4.90 Å². The third kappa shape index (κ3) is 4.69. The van der Waals surface area contributed by atoms with Gasteiger partial charge in [-0.05, 0) is 37.1 Å². The van der Waals surface area contributed by atoms with Crippen LogP contribution in [0.1, 0.15) is 23.2 Å². The Morgan fingerprint density at radius 1 is 1.08 bits per heavy atom. The van der Waals surface area contributed by atoms with Gasteiger partial charge in [0.15, 0.2) is 0 Å². The first kappa shape index (κ1) is 17.7. The Bertz CT molecular complexity index is 816. The molecule has 0 spiro atoms. The number of nitrogens with zero attached hydrogens (tertiary/aromatic N) is 1. The van der Waals surface area contributed by atoms with E-state index in [0.29, 0.717) is 17.0 Å². The zero-order valence-electron chi connectivity index (χ0n) is 14.5. The molecular weight excluding hydrogens is 332 g/mol. The Balaban J connectivity index is 1.55. The highest BCUT2D eigenvalue weighted by Crippen LogP contribution is 2.30. The summed E-state index contributed by atoms with van der Waals surface area (Å²) in [6, 6.07) is 15.4. The molecule has 3 rings (SSSR count). The van der Waals surface area contributed by atoms with E-state index < -0.39 is 5.97 Å². The molecule has 1 N–H and O–H groups in total. The third-order valence-corrected chi connectivity index (χ3v) is 4.02. The van der Waals surface area contributed by atoms with Gasteiger partial charge in [-0.1, -0.05) is 24.3 Å². The maximum Gasteiger partial charge on any atom is 0.331 e. The van der Waals surface area contributed by atoms with Gasteiger partial charge in [0.05, 0.1) is 0 Å². The molecule has 0 heterocycles. The summed E-state index contributed by atoms with van der Waals surface area (Å²) < 4.78 is 5.29. The van der Waals surface area contributed by atoms with Crippen molar-refractivity contribution >= 4 is 23.5 Å². The molecule has 0 unspecified atom stereocenters. The number of carbonyl (C=O) groups is 3. The molecule has 2 aromatic rings. The van der Waals surface area contributed by atoms with Gasteiger partial charge in [-0.25, -0.2) is 4.79 Å². The second-order valence-electron chi connectivity index (χ2n) is 6.29. The van der Waals surface area contributed by atoms with Gasteiger partial charge in [0, 0.05) is 30.3 Å². The highest BCUT2D eigenvalue weighted by Gasteiger charge is 2.29. The average molecular weight is 352 g/mol. The van der Waals surface area contributed by atoms with E-state index in [4.69, 9.17) is 4.74 Å². The molecule has 0 aliphatic heterocycles. The smallest absolute Gasteiger partial charge is 0.331 e. The molecule has 0 aromatic heterocycles. The van der Waals surface area contributed by atoms with Crippen LogP contribution in [0.15, 0.2) is 54.6 Å². The van der Waals surface area contributed by atoms with Gasteiger partial charge in [0.25, 0.3) is 5.91 Å². The van der Waals surface area contributed by atoms with Crippen LogP contribution in [0.3, 0.4) is 0 Å². The number of rotatable bonds is 6. The van der Waals surface area contributed by atoms with Gasteiger partial charge in [-0.15, -0.1) is 0 Å². The molecule has 0 atom stereocenters. The molecule has 1 saturated carbocycles. The second kappa shape index (κ2) is 7.82. The van der Waals surface area contributed by atoms with Crippen LogP contribution in [0.5, 0.6) is 5.75 Å². The monoisotopic (exact) mass is 352 g/mol. The van der Waals surface area contributed by atoms with Crippen LogP contribution in [-0.2, 0) is 9.59 Å². The van der Waals surface area contributed by atoms with Crippen molar-refractivity contribution in [3.05, 3.63) is 60.2 Å². The molecule has 0 bridgehead atoms. The number of anilines is 1. The molecule has 2 amide bonds. The minimum Gasteiger partial charge on any atom is -0.425 e. The van der Waals surface area contributed by atoms with E-state index in [9.17, 15) is 14.4 Å². The van der Waals surface area contributed by atoms with Crippen molar-refractivity contribution in [2.24, 2.45) is 5.92 Å². The van der Waals surface area contributed by atoms with Gasteiger partial charge in [-0.3, -0.25) is 9.59 Å². The van der Waals surface area contributed by atoms with Crippen LogP contribution >= 0.6 is 0 Å². The van der Waals surface area contributed by atoms with Crippen molar-refractivity contribution in [3.63, 3.8) is 0 Å². The third-order valence-electron chi connectivity index (χ3n) is 4.02. The summed E-state index contributed by atoms with van der Waals surface area (Å²) in [5, 5.41) is 2.80. The van der Waals surface area contributed by atoms with E-state index in [0.717, 1.165) is 12.8 Å². The van der Waals surface area contributed by atoms with Gasteiger partial charge in [0.2, 0.25) is 5.91 Å². The van der Waals surface area contributed by atoms with Crippen LogP contribution in [0, 0.1) is 5.92 Å². The van der Waals surface area contributed by atoms with Crippen molar-refractivity contribution in [2.75, 3.05) is 18.9 Å². The molecule has 6 nitrogen and oxygen atoms in total. The molecule has 0 radical (unpaired) electrons. The van der Waals surface area contributed by atoms with Gasteiger partial charge in [-0.2, -0.15) is 0 Å². The van der Waals surface area contributed by atoms with Crippen molar-refractivity contribution in [3.8, 4) is 5.75 Å². The number of esters is 1. The Kier molecular flexibility index (Phi) is 5.31. The lowest BCUT2D eigenvalue weighted by Crippen LogP contribution is -2.34. The molecule has 1 aliphatic carbocycles. The number of hydrogen-bond donors (Lipinski definition) is 1. The fourth-order valence-corrected chi connectivity index (χ4v) is 2.46. The van der Waals surface area contributed by atoms with Crippen LogP contribution in [0.25, 0.3) is 0 Å². The topological polar surface area (TPSA) is 75.7 Å². The zero-order chi connectivity index (χ0) is 18.5. The fourth-order valence-electron chi connectivity index (χ4n) is 2.46. The first-order chi connectivity index (χ1) is 12.5. The quantitative estimate of drug-likeness (QED) is 0.641. The predicted molar refractivity (Wildman–Crippen MR) is 96.8 cm³/mol. The Morgan fingerprint density at radius 2 is 1.81 bits per heavy atom. The maximum atomic E-state index is 12.2. The van der Waals surface area contributed by atoms with Gasteiger partial charge >= 0.3 is 5.97 Å². The van der Waals surface area contributed by atoms with Crippen molar-refractivity contribution in [2.45, 2.75) is 12.8 Å². The predicted octanol–water partition coefficient (Wildman–Crippen LogP) is 2.71. The summed E-state index contributed by atoms with van der Waals surface area (Å²) in [6.07, 6.45) is 1.84. The van der Waals surface area contributed by atoms with Crippen molar-refractivity contribution in [1.29, 1.82) is 0 Å². The average Bonchev–Trinajstić information content (AvgIpc) is 3.47. The van der Waals surface area contributed by atoms with Crippen LogP contribution in [0.4, 0.5) is 5.69 Å². The Morgan fingerprint density at radius 3 is 2.50 bits per heavy atom. The minimum absolute atomic E-state index is 0.0123. The number of amides is 2. The van der Waals surface area contributed by atoms with Crippen molar-refractivity contribution < 1.29 is 19.1 Å². The Labute approximate surface area is 151 Å². The van der Waals surface area contributed by atoms with Gasteiger partial charge in [0.1, 0.15) is 12.3 Å². The number of ether oxygens (including phenoxy) is 1. The summed E-state index contributed by atoms with van der Waals surface area (Å²) in [6.45, 7) is -0.174. The summed E-state index contributed by atoms with van der Waals surface area (Å²) in [5.74, 6) is -0.403. The van der Waals surface area contributed by atoms with E-state index in [1.54, 1.807) is 55.6 Å². The number of hydrogen-bond acceptors (Lipinski definition) is 4. The lowest BCUT2D eigenvalue weighted by atomic mass is 10.2. The second-order valence-corrected chi connectivity index (χ2v) is 6.29. The first-order valence-electron chi connectivity index (χ1n) is 8.45. The normalized spacial score (nSPS) is 13.0. The first-order valence-corrected chi connectivity index (χ1v) is 8.45. The molecule has 134 valence electrons. The fraction of sp³-hybridized carbons (Fsp3) is 0.250. The largest absolute Gasteiger partial charge is 0.425 e. The maximum absolute atomic E-state index is 12.2.